The van der Waals surface area contributed by atoms with Gasteiger partial charge in [-0.3, -0.25) is 4.79 Å². The van der Waals surface area contributed by atoms with Crippen molar-refractivity contribution in [1.29, 1.82) is 0 Å². The fourth-order valence-electron chi connectivity index (χ4n) is 1.56. The van der Waals surface area contributed by atoms with Gasteiger partial charge in [0.2, 0.25) is 0 Å². The van der Waals surface area contributed by atoms with Crippen molar-refractivity contribution >= 4 is 17.6 Å². The zero-order chi connectivity index (χ0) is 14.4. The molecule has 0 saturated heterocycles. The fraction of sp³-hybridized carbons (Fsp3) is 0.0667. The number of amides is 1. The lowest BCUT2D eigenvalue weighted by Gasteiger charge is -2.07. The normalized spacial score (nSPS) is 9.80. The zero-order valence-corrected chi connectivity index (χ0v) is 10.6. The predicted octanol–water partition coefficient (Wildman–Crippen LogP) is 2.40. The third-order valence-corrected chi connectivity index (χ3v) is 2.53. The molecule has 2 rings (SSSR count). The van der Waals surface area contributed by atoms with Crippen LogP contribution >= 0.6 is 0 Å². The molecule has 0 aliphatic carbocycles. The van der Waals surface area contributed by atoms with Crippen LogP contribution in [0, 0.1) is 0 Å². The molecule has 0 fully saturated rings. The number of carboxylic acid groups (broad SMARTS) is 1. The van der Waals surface area contributed by atoms with Crippen LogP contribution < -0.4 is 10.1 Å². The van der Waals surface area contributed by atoms with Gasteiger partial charge in [-0.1, -0.05) is 18.2 Å². The summed E-state index contributed by atoms with van der Waals surface area (Å²) >= 11 is 0. The quantitative estimate of drug-likeness (QED) is 0.875. The van der Waals surface area contributed by atoms with Crippen LogP contribution in [0.15, 0.2) is 54.6 Å². The van der Waals surface area contributed by atoms with Crippen LogP contribution in [0.1, 0.15) is 10.4 Å². The second-order valence-electron chi connectivity index (χ2n) is 4.03. The summed E-state index contributed by atoms with van der Waals surface area (Å²) in [5.74, 6) is -0.838. The lowest BCUT2D eigenvalue weighted by atomic mass is 10.2. The van der Waals surface area contributed by atoms with E-state index in [0.717, 1.165) is 0 Å². The number of carbonyl (C=O) groups excluding carboxylic acids is 1. The van der Waals surface area contributed by atoms with Gasteiger partial charge in [-0.25, -0.2) is 4.79 Å². The van der Waals surface area contributed by atoms with E-state index in [0.29, 0.717) is 11.4 Å². The second-order valence-corrected chi connectivity index (χ2v) is 4.03. The number of nitrogens with one attached hydrogen (secondary N) is 1. The molecule has 102 valence electrons. The highest BCUT2D eigenvalue weighted by Crippen LogP contribution is 2.12. The van der Waals surface area contributed by atoms with Crippen LogP contribution in [0.3, 0.4) is 0 Å². The van der Waals surface area contributed by atoms with Gasteiger partial charge in [0, 0.05) is 5.69 Å². The predicted molar refractivity (Wildman–Crippen MR) is 74.0 cm³/mol. The van der Waals surface area contributed by atoms with Crippen molar-refractivity contribution in [2.45, 2.75) is 0 Å². The number of ether oxygens (including phenoxy) is 1. The molecule has 0 radical (unpaired) electrons. The number of benzene rings is 2. The third kappa shape index (κ3) is 3.84. The molecule has 0 unspecified atom stereocenters. The summed E-state index contributed by atoms with van der Waals surface area (Å²) in [4.78, 5) is 22.3. The lowest BCUT2D eigenvalue weighted by molar-refractivity contribution is -0.118. The summed E-state index contributed by atoms with van der Waals surface area (Å²) in [6.45, 7) is -0.138. The number of carbonyl (C=O) groups is 2. The molecule has 0 atom stereocenters. The Balaban J connectivity index is 1.85. The first-order valence-corrected chi connectivity index (χ1v) is 5.96. The molecule has 0 bridgehead atoms. The average molecular weight is 271 g/mol. The maximum Gasteiger partial charge on any atom is 0.335 e. The highest BCUT2D eigenvalue weighted by atomic mass is 16.5. The van der Waals surface area contributed by atoms with Gasteiger partial charge in [-0.15, -0.1) is 0 Å². The molecule has 2 aromatic carbocycles. The number of anilines is 1. The Morgan fingerprint density at radius 2 is 1.65 bits per heavy atom. The lowest BCUT2D eigenvalue weighted by Crippen LogP contribution is -2.20. The zero-order valence-electron chi connectivity index (χ0n) is 10.6. The average Bonchev–Trinajstić information content (AvgIpc) is 2.46. The largest absolute Gasteiger partial charge is 0.484 e. The summed E-state index contributed by atoms with van der Waals surface area (Å²) in [6.07, 6.45) is 0. The molecule has 0 heterocycles. The van der Waals surface area contributed by atoms with Crippen LogP contribution in [0.5, 0.6) is 5.75 Å². The summed E-state index contributed by atoms with van der Waals surface area (Å²) < 4.78 is 5.27. The van der Waals surface area contributed by atoms with Crippen LogP contribution in [0.2, 0.25) is 0 Å². The molecule has 0 aliphatic rings. The summed E-state index contributed by atoms with van der Waals surface area (Å²) in [5, 5.41) is 11.4. The third-order valence-electron chi connectivity index (χ3n) is 2.53. The number of aromatic carboxylic acids is 1. The van der Waals surface area contributed by atoms with E-state index in [1.807, 2.05) is 18.2 Å². The molecule has 0 aromatic heterocycles. The van der Waals surface area contributed by atoms with E-state index in [1.54, 1.807) is 12.1 Å². The summed E-state index contributed by atoms with van der Waals surface area (Å²) in [5.41, 5.74) is 0.869. The Bertz CT molecular complexity index is 593. The fourth-order valence-corrected chi connectivity index (χ4v) is 1.56. The van der Waals surface area contributed by atoms with Crippen molar-refractivity contribution in [1.82, 2.24) is 0 Å². The van der Waals surface area contributed by atoms with E-state index in [1.165, 1.54) is 24.3 Å². The van der Waals surface area contributed by atoms with Crippen LogP contribution in [0.25, 0.3) is 0 Å². The molecule has 0 aliphatic heterocycles. The molecule has 0 spiro atoms. The number of para-hydroxylation sites is 1. The van der Waals surface area contributed by atoms with Crippen molar-refractivity contribution in [3.63, 3.8) is 0 Å². The van der Waals surface area contributed by atoms with Gasteiger partial charge in [-0.05, 0) is 36.4 Å². The van der Waals surface area contributed by atoms with Crippen molar-refractivity contribution in [3.05, 3.63) is 60.2 Å². The first-order valence-electron chi connectivity index (χ1n) is 5.96. The van der Waals surface area contributed by atoms with Crippen LogP contribution in [-0.2, 0) is 4.79 Å². The number of hydrogen-bond donors (Lipinski definition) is 2. The maximum absolute atomic E-state index is 11.6. The summed E-state index contributed by atoms with van der Waals surface area (Å²) in [6, 6.07) is 14.9. The molecule has 2 N–H and O–H groups in total. The topological polar surface area (TPSA) is 75.6 Å². The van der Waals surface area contributed by atoms with Crippen LogP contribution in [-0.4, -0.2) is 23.6 Å². The van der Waals surface area contributed by atoms with Crippen LogP contribution in [0.4, 0.5) is 5.69 Å². The van der Waals surface area contributed by atoms with Gasteiger partial charge in [-0.2, -0.15) is 0 Å². The van der Waals surface area contributed by atoms with E-state index in [-0.39, 0.29) is 18.1 Å². The van der Waals surface area contributed by atoms with Gasteiger partial charge >= 0.3 is 5.97 Å². The Hall–Kier alpha value is -2.82. The number of hydrogen-bond acceptors (Lipinski definition) is 3. The van der Waals surface area contributed by atoms with Gasteiger partial charge in [0.15, 0.2) is 6.61 Å². The molecular formula is C15H13NO4. The van der Waals surface area contributed by atoms with E-state index in [2.05, 4.69) is 5.32 Å². The Labute approximate surface area is 115 Å². The number of carboxylic acids is 1. The monoisotopic (exact) mass is 271 g/mol. The van der Waals surface area contributed by atoms with Gasteiger partial charge in [0.25, 0.3) is 5.91 Å². The maximum atomic E-state index is 11.6. The molecule has 5 nitrogen and oxygen atoms in total. The van der Waals surface area contributed by atoms with E-state index in [9.17, 15) is 9.59 Å². The molecule has 20 heavy (non-hydrogen) atoms. The molecule has 5 heteroatoms. The second kappa shape index (κ2) is 6.38. The van der Waals surface area contributed by atoms with E-state index >= 15 is 0 Å². The van der Waals surface area contributed by atoms with Crippen molar-refractivity contribution in [2.24, 2.45) is 0 Å². The SMILES string of the molecule is O=C(COc1ccc(C(=O)O)cc1)Nc1ccccc1. The smallest absolute Gasteiger partial charge is 0.335 e. The van der Waals surface area contributed by atoms with Gasteiger partial charge < -0.3 is 15.2 Å². The first kappa shape index (κ1) is 13.6. The Kier molecular flexibility index (Phi) is 4.34. The standard InChI is InChI=1S/C15H13NO4/c17-14(16-12-4-2-1-3-5-12)10-20-13-8-6-11(7-9-13)15(18)19/h1-9H,10H2,(H,16,17)(H,18,19). The van der Waals surface area contributed by atoms with Gasteiger partial charge in [0.05, 0.1) is 5.56 Å². The van der Waals surface area contributed by atoms with Crippen molar-refractivity contribution in [2.75, 3.05) is 11.9 Å². The van der Waals surface area contributed by atoms with Crippen molar-refractivity contribution < 1.29 is 19.4 Å². The first-order chi connectivity index (χ1) is 9.65. The minimum Gasteiger partial charge on any atom is -0.484 e. The molecule has 0 saturated carbocycles. The molecule has 2 aromatic rings. The van der Waals surface area contributed by atoms with Crippen molar-refractivity contribution in [3.8, 4) is 5.75 Å². The van der Waals surface area contributed by atoms with E-state index < -0.39 is 5.97 Å². The molecular weight excluding hydrogens is 258 g/mol. The van der Waals surface area contributed by atoms with E-state index in [4.69, 9.17) is 9.84 Å². The number of rotatable bonds is 5. The Morgan fingerprint density at radius 3 is 2.25 bits per heavy atom. The minimum absolute atomic E-state index is 0.138. The Morgan fingerprint density at radius 1 is 1.00 bits per heavy atom. The van der Waals surface area contributed by atoms with Gasteiger partial charge in [0.1, 0.15) is 5.75 Å². The summed E-state index contributed by atoms with van der Waals surface area (Å²) in [7, 11) is 0. The highest BCUT2D eigenvalue weighted by molar-refractivity contribution is 5.91. The molecule has 1 amide bonds. The highest BCUT2D eigenvalue weighted by Gasteiger charge is 2.05. The minimum atomic E-state index is -1.00.